The summed E-state index contributed by atoms with van der Waals surface area (Å²) < 4.78 is 0. The van der Waals surface area contributed by atoms with Crippen molar-refractivity contribution in [3.8, 4) is 0 Å². The van der Waals surface area contributed by atoms with Crippen LogP contribution >= 0.6 is 0 Å². The Morgan fingerprint density at radius 2 is 1.89 bits per heavy atom. The van der Waals surface area contributed by atoms with E-state index in [4.69, 9.17) is 0 Å². The van der Waals surface area contributed by atoms with Crippen LogP contribution in [0.4, 0.5) is 0 Å². The zero-order chi connectivity index (χ0) is 14.2. The van der Waals surface area contributed by atoms with E-state index in [0.717, 1.165) is 13.0 Å². The van der Waals surface area contributed by atoms with Gasteiger partial charge in [-0.3, -0.25) is 9.69 Å². The second-order valence-corrected chi connectivity index (χ2v) is 5.88. The van der Waals surface area contributed by atoms with Crippen LogP contribution in [-0.4, -0.2) is 28.6 Å². The Balaban J connectivity index is 2.28. The number of aryl methyl sites for hydroxylation is 2. The van der Waals surface area contributed by atoms with Crippen LogP contribution < -0.4 is 0 Å². The van der Waals surface area contributed by atoms with Crippen LogP contribution in [0, 0.1) is 19.8 Å². The molecular formula is C16H23NO2. The highest BCUT2D eigenvalue weighted by Gasteiger charge is 2.39. The van der Waals surface area contributed by atoms with Crippen LogP contribution in [0.2, 0.25) is 0 Å². The molecule has 1 heterocycles. The lowest BCUT2D eigenvalue weighted by Crippen LogP contribution is -2.40. The average molecular weight is 261 g/mol. The number of carbonyl (C=O) groups is 1. The summed E-state index contributed by atoms with van der Waals surface area (Å²) in [4.78, 5) is 13.6. The van der Waals surface area contributed by atoms with Crippen molar-refractivity contribution in [3.63, 3.8) is 0 Å². The molecule has 1 fully saturated rings. The number of rotatable bonds is 3. The van der Waals surface area contributed by atoms with Crippen molar-refractivity contribution in [2.45, 2.75) is 46.2 Å². The first-order valence-electron chi connectivity index (χ1n) is 6.97. The Morgan fingerprint density at radius 3 is 2.42 bits per heavy atom. The molecule has 1 aliphatic heterocycles. The lowest BCUT2D eigenvalue weighted by molar-refractivity contribution is -0.144. The second kappa shape index (κ2) is 5.33. The average Bonchev–Trinajstić information content (AvgIpc) is 2.68. The minimum atomic E-state index is -0.693. The predicted molar refractivity (Wildman–Crippen MR) is 76.2 cm³/mol. The van der Waals surface area contributed by atoms with E-state index in [-0.39, 0.29) is 18.0 Å². The van der Waals surface area contributed by atoms with E-state index >= 15 is 0 Å². The highest BCUT2D eigenvalue weighted by atomic mass is 16.4. The molecule has 3 nitrogen and oxygen atoms in total. The van der Waals surface area contributed by atoms with Gasteiger partial charge in [0.25, 0.3) is 0 Å². The molecule has 1 aromatic carbocycles. The van der Waals surface area contributed by atoms with E-state index in [9.17, 15) is 9.90 Å². The van der Waals surface area contributed by atoms with Crippen molar-refractivity contribution in [3.05, 3.63) is 34.9 Å². The summed E-state index contributed by atoms with van der Waals surface area (Å²) in [6, 6.07) is 6.29. The van der Waals surface area contributed by atoms with Gasteiger partial charge in [-0.2, -0.15) is 0 Å². The van der Waals surface area contributed by atoms with Gasteiger partial charge in [0.15, 0.2) is 0 Å². The molecule has 3 unspecified atom stereocenters. The largest absolute Gasteiger partial charge is 0.480 e. The Morgan fingerprint density at radius 1 is 1.32 bits per heavy atom. The molecule has 2 rings (SSSR count). The predicted octanol–water partition coefficient (Wildman–Crippen LogP) is 3.16. The summed E-state index contributed by atoms with van der Waals surface area (Å²) in [5, 5.41) is 9.42. The van der Waals surface area contributed by atoms with E-state index in [0.29, 0.717) is 0 Å². The normalized spacial score (nSPS) is 25.5. The van der Waals surface area contributed by atoms with Crippen molar-refractivity contribution in [1.82, 2.24) is 4.90 Å². The summed E-state index contributed by atoms with van der Waals surface area (Å²) in [5.74, 6) is -0.466. The molecular weight excluding hydrogens is 238 g/mol. The van der Waals surface area contributed by atoms with Gasteiger partial charge in [-0.15, -0.1) is 0 Å². The van der Waals surface area contributed by atoms with Crippen LogP contribution in [0.1, 0.15) is 43.0 Å². The fraction of sp³-hybridized carbons (Fsp3) is 0.562. The van der Waals surface area contributed by atoms with Crippen molar-refractivity contribution in [2.75, 3.05) is 6.54 Å². The lowest BCUT2D eigenvalue weighted by Gasteiger charge is -2.30. The van der Waals surface area contributed by atoms with Gasteiger partial charge >= 0.3 is 5.97 Å². The Labute approximate surface area is 115 Å². The summed E-state index contributed by atoms with van der Waals surface area (Å²) in [6.07, 6.45) is 0.964. The van der Waals surface area contributed by atoms with Gasteiger partial charge in [0.05, 0.1) is 0 Å². The molecule has 0 radical (unpaired) electrons. The smallest absolute Gasteiger partial charge is 0.321 e. The van der Waals surface area contributed by atoms with Gasteiger partial charge in [0, 0.05) is 6.04 Å². The topological polar surface area (TPSA) is 40.5 Å². The maximum atomic E-state index is 11.5. The van der Waals surface area contributed by atoms with E-state index in [1.54, 1.807) is 0 Å². The molecule has 0 aliphatic carbocycles. The van der Waals surface area contributed by atoms with Crippen LogP contribution in [-0.2, 0) is 4.79 Å². The third kappa shape index (κ3) is 2.81. The zero-order valence-corrected chi connectivity index (χ0v) is 12.2. The van der Waals surface area contributed by atoms with Crippen molar-refractivity contribution < 1.29 is 9.90 Å². The highest BCUT2D eigenvalue weighted by molar-refractivity contribution is 5.74. The Hall–Kier alpha value is -1.35. The van der Waals surface area contributed by atoms with Crippen molar-refractivity contribution >= 4 is 5.97 Å². The number of nitrogens with zero attached hydrogens (tertiary/aromatic N) is 1. The summed E-state index contributed by atoms with van der Waals surface area (Å²) >= 11 is 0. The molecule has 3 heteroatoms. The van der Waals surface area contributed by atoms with Gasteiger partial charge in [-0.25, -0.2) is 0 Å². The summed E-state index contributed by atoms with van der Waals surface area (Å²) in [7, 11) is 0. The number of carboxylic acid groups (broad SMARTS) is 1. The maximum Gasteiger partial charge on any atom is 0.321 e. The minimum Gasteiger partial charge on any atom is -0.480 e. The first-order valence-corrected chi connectivity index (χ1v) is 6.97. The monoisotopic (exact) mass is 261 g/mol. The number of carboxylic acids is 1. The standard InChI is InChI=1S/C16H23NO2/c1-10-7-11(2)9-14(8-10)13(4)17-6-5-12(3)15(17)16(18)19/h7-9,12-13,15H,5-6H2,1-4H3,(H,18,19). The van der Waals surface area contributed by atoms with Crippen LogP contribution in [0.25, 0.3) is 0 Å². The van der Waals surface area contributed by atoms with Crippen LogP contribution in [0.3, 0.4) is 0 Å². The minimum absolute atomic E-state index is 0.157. The molecule has 0 saturated carbocycles. The quantitative estimate of drug-likeness (QED) is 0.908. The van der Waals surface area contributed by atoms with E-state index < -0.39 is 5.97 Å². The lowest BCUT2D eigenvalue weighted by atomic mass is 9.99. The van der Waals surface area contributed by atoms with E-state index in [1.807, 2.05) is 6.92 Å². The van der Waals surface area contributed by atoms with Crippen molar-refractivity contribution in [2.24, 2.45) is 5.92 Å². The third-order valence-electron chi connectivity index (χ3n) is 4.22. The van der Waals surface area contributed by atoms with E-state index in [1.165, 1.54) is 16.7 Å². The molecule has 0 spiro atoms. The molecule has 1 aliphatic rings. The van der Waals surface area contributed by atoms with Gasteiger partial charge in [-0.1, -0.05) is 36.2 Å². The van der Waals surface area contributed by atoms with Crippen LogP contribution in [0.5, 0.6) is 0 Å². The molecule has 104 valence electrons. The number of benzene rings is 1. The molecule has 1 N–H and O–H groups in total. The third-order valence-corrected chi connectivity index (χ3v) is 4.22. The number of hydrogen-bond acceptors (Lipinski definition) is 2. The van der Waals surface area contributed by atoms with Crippen molar-refractivity contribution in [1.29, 1.82) is 0 Å². The first-order chi connectivity index (χ1) is 8.90. The maximum absolute atomic E-state index is 11.5. The number of aliphatic carboxylic acids is 1. The van der Waals surface area contributed by atoms with Gasteiger partial charge in [-0.05, 0) is 45.2 Å². The molecule has 3 atom stereocenters. The van der Waals surface area contributed by atoms with Gasteiger partial charge < -0.3 is 5.11 Å². The zero-order valence-electron chi connectivity index (χ0n) is 12.2. The number of likely N-dealkylation sites (tertiary alicyclic amines) is 1. The molecule has 0 bridgehead atoms. The summed E-state index contributed by atoms with van der Waals surface area (Å²) in [5.41, 5.74) is 3.69. The highest BCUT2D eigenvalue weighted by Crippen LogP contribution is 2.33. The van der Waals surface area contributed by atoms with Gasteiger partial charge in [0.1, 0.15) is 6.04 Å². The number of hydrogen-bond donors (Lipinski definition) is 1. The first kappa shape index (κ1) is 14.1. The fourth-order valence-corrected chi connectivity index (χ4v) is 3.24. The molecule has 0 aromatic heterocycles. The SMILES string of the molecule is Cc1cc(C)cc(C(C)N2CCC(C)C2C(=O)O)c1. The molecule has 19 heavy (non-hydrogen) atoms. The Kier molecular flexibility index (Phi) is 3.95. The molecule has 0 amide bonds. The van der Waals surface area contributed by atoms with Crippen LogP contribution in [0.15, 0.2) is 18.2 Å². The van der Waals surface area contributed by atoms with E-state index in [2.05, 4.69) is 43.9 Å². The molecule has 1 saturated heterocycles. The summed E-state index contributed by atoms with van der Waals surface area (Å²) in [6.45, 7) is 9.19. The fourth-order valence-electron chi connectivity index (χ4n) is 3.24. The second-order valence-electron chi connectivity index (χ2n) is 5.88. The van der Waals surface area contributed by atoms with Gasteiger partial charge in [0.2, 0.25) is 0 Å². The Bertz CT molecular complexity index is 463. The molecule has 1 aromatic rings.